The number of nitrogen functional groups attached to an aromatic ring is 1. The van der Waals surface area contributed by atoms with Gasteiger partial charge in [-0.15, -0.1) is 0 Å². The number of carbonyl (C=O) groups is 1. The fraction of sp³-hybridized carbons (Fsp3) is 0.0769. The second-order valence-corrected chi connectivity index (χ2v) is 4.32. The molecule has 106 valence electrons. The van der Waals surface area contributed by atoms with Gasteiger partial charge in [0.05, 0.1) is 0 Å². The van der Waals surface area contributed by atoms with E-state index in [4.69, 9.17) is 16.2 Å². The van der Waals surface area contributed by atoms with Crippen LogP contribution in [0.4, 0.5) is 10.6 Å². The average Bonchev–Trinajstić information content (AvgIpc) is 2.91. The first-order valence-corrected chi connectivity index (χ1v) is 6.10. The smallest absolute Gasteiger partial charge is 0.404 e. The molecule has 0 saturated heterocycles. The summed E-state index contributed by atoms with van der Waals surface area (Å²) >= 11 is 0. The molecule has 3 aromatic rings. The zero-order valence-corrected chi connectivity index (χ0v) is 10.9. The number of amides is 1. The second-order valence-electron chi connectivity index (χ2n) is 4.32. The van der Waals surface area contributed by atoms with E-state index in [2.05, 4.69) is 15.0 Å². The molecule has 0 fully saturated rings. The molecule has 1 amide bonds. The summed E-state index contributed by atoms with van der Waals surface area (Å²) in [4.78, 5) is 22.9. The number of nitrogens with two attached hydrogens (primary N) is 2. The Morgan fingerprint density at radius 3 is 2.67 bits per heavy atom. The van der Waals surface area contributed by atoms with Crippen LogP contribution >= 0.6 is 0 Å². The van der Waals surface area contributed by atoms with E-state index in [1.54, 1.807) is 10.9 Å². The molecule has 1 aromatic carbocycles. The predicted molar refractivity (Wildman–Crippen MR) is 75.4 cm³/mol. The maximum atomic E-state index is 10.6. The molecule has 2 heterocycles. The number of aromatic nitrogens is 4. The highest BCUT2D eigenvalue weighted by molar-refractivity contribution is 5.82. The van der Waals surface area contributed by atoms with Crippen LogP contribution in [0, 0.1) is 0 Å². The number of ether oxygens (including phenoxy) is 1. The van der Waals surface area contributed by atoms with Crippen molar-refractivity contribution in [1.29, 1.82) is 0 Å². The number of nitrogens with zero attached hydrogens (tertiary/aromatic N) is 4. The van der Waals surface area contributed by atoms with Crippen LogP contribution in [0.15, 0.2) is 36.9 Å². The number of rotatable bonds is 3. The molecule has 0 aliphatic carbocycles. The minimum atomic E-state index is -0.799. The number of carbonyl (C=O) groups excluding carboxylic acids is 1. The topological polar surface area (TPSA) is 122 Å². The lowest BCUT2D eigenvalue weighted by molar-refractivity contribution is 0.150. The van der Waals surface area contributed by atoms with E-state index < -0.39 is 6.09 Å². The first-order valence-electron chi connectivity index (χ1n) is 6.10. The molecule has 8 nitrogen and oxygen atoms in total. The quantitative estimate of drug-likeness (QED) is 0.739. The standard InChI is InChI=1S/C13H12N6O2/c14-11-10-12(17-6-16-11)19(7-18-10)9-3-1-8(2-4-9)5-21-13(15)20/h1-4,6-7H,5H2,(H2,15,20)(H2,14,16,17). The summed E-state index contributed by atoms with van der Waals surface area (Å²) in [5.74, 6) is 0.338. The van der Waals surface area contributed by atoms with E-state index in [-0.39, 0.29) is 6.61 Å². The van der Waals surface area contributed by atoms with Crippen molar-refractivity contribution in [3.63, 3.8) is 0 Å². The molecule has 0 saturated carbocycles. The normalized spacial score (nSPS) is 10.7. The van der Waals surface area contributed by atoms with Gasteiger partial charge < -0.3 is 16.2 Å². The van der Waals surface area contributed by atoms with Crippen molar-refractivity contribution in [3.8, 4) is 5.69 Å². The molecule has 3 rings (SSSR count). The number of fused-ring (bicyclic) bond motifs is 1. The Balaban J connectivity index is 1.92. The van der Waals surface area contributed by atoms with Crippen molar-refractivity contribution < 1.29 is 9.53 Å². The molecule has 0 aliphatic rings. The van der Waals surface area contributed by atoms with Crippen molar-refractivity contribution in [2.45, 2.75) is 6.61 Å². The van der Waals surface area contributed by atoms with Crippen molar-refractivity contribution >= 4 is 23.1 Å². The predicted octanol–water partition coefficient (Wildman–Crippen LogP) is 0.993. The Bertz CT molecular complexity index is 796. The Kier molecular flexibility index (Phi) is 3.11. The van der Waals surface area contributed by atoms with Crippen LogP contribution in [-0.4, -0.2) is 25.6 Å². The monoisotopic (exact) mass is 284 g/mol. The summed E-state index contributed by atoms with van der Waals surface area (Å²) in [6.45, 7) is 0.134. The van der Waals surface area contributed by atoms with Crippen LogP contribution in [0.2, 0.25) is 0 Å². The van der Waals surface area contributed by atoms with Crippen molar-refractivity contribution in [2.24, 2.45) is 5.73 Å². The van der Waals surface area contributed by atoms with E-state index in [1.807, 2.05) is 24.3 Å². The Hall–Kier alpha value is -3.16. The average molecular weight is 284 g/mol. The van der Waals surface area contributed by atoms with Gasteiger partial charge >= 0.3 is 6.09 Å². The minimum absolute atomic E-state index is 0.134. The molecule has 4 N–H and O–H groups in total. The second kappa shape index (κ2) is 5.08. The Morgan fingerprint density at radius 1 is 1.19 bits per heavy atom. The lowest BCUT2D eigenvalue weighted by Gasteiger charge is -2.06. The summed E-state index contributed by atoms with van der Waals surface area (Å²) < 4.78 is 6.52. The van der Waals surface area contributed by atoms with Gasteiger partial charge in [-0.2, -0.15) is 0 Å². The molecule has 0 unspecified atom stereocenters. The van der Waals surface area contributed by atoms with Gasteiger partial charge in [0, 0.05) is 5.69 Å². The molecule has 0 spiro atoms. The van der Waals surface area contributed by atoms with Crippen LogP contribution in [-0.2, 0) is 11.3 Å². The summed E-state index contributed by atoms with van der Waals surface area (Å²) in [7, 11) is 0. The SMILES string of the molecule is NC(=O)OCc1ccc(-n2cnc3c(N)ncnc32)cc1. The molecule has 0 atom stereocenters. The summed E-state index contributed by atoms with van der Waals surface area (Å²) in [6, 6.07) is 7.38. The van der Waals surface area contributed by atoms with Gasteiger partial charge in [0.1, 0.15) is 19.3 Å². The van der Waals surface area contributed by atoms with Crippen LogP contribution < -0.4 is 11.5 Å². The third kappa shape index (κ3) is 2.46. The molecule has 0 bridgehead atoms. The van der Waals surface area contributed by atoms with E-state index in [9.17, 15) is 4.79 Å². The highest BCUT2D eigenvalue weighted by atomic mass is 16.5. The molecule has 8 heteroatoms. The summed E-state index contributed by atoms with van der Waals surface area (Å²) in [5, 5.41) is 0. The molecular formula is C13H12N6O2. The zero-order valence-electron chi connectivity index (χ0n) is 10.9. The van der Waals surface area contributed by atoms with Gasteiger partial charge in [-0.1, -0.05) is 12.1 Å². The third-order valence-electron chi connectivity index (χ3n) is 2.96. The van der Waals surface area contributed by atoms with Crippen LogP contribution in [0.1, 0.15) is 5.56 Å². The van der Waals surface area contributed by atoms with Gasteiger partial charge in [-0.25, -0.2) is 19.7 Å². The van der Waals surface area contributed by atoms with Crippen LogP contribution in [0.25, 0.3) is 16.9 Å². The van der Waals surface area contributed by atoms with Crippen molar-refractivity contribution in [1.82, 2.24) is 19.5 Å². The number of benzene rings is 1. The molecule has 0 aliphatic heterocycles. The van der Waals surface area contributed by atoms with E-state index in [0.29, 0.717) is 17.0 Å². The van der Waals surface area contributed by atoms with Gasteiger partial charge in [0.25, 0.3) is 0 Å². The van der Waals surface area contributed by atoms with Crippen molar-refractivity contribution in [2.75, 3.05) is 5.73 Å². The van der Waals surface area contributed by atoms with Gasteiger partial charge in [0.2, 0.25) is 0 Å². The number of imidazole rings is 1. The lowest BCUT2D eigenvalue weighted by atomic mass is 10.2. The summed E-state index contributed by atoms with van der Waals surface area (Å²) in [5.41, 5.74) is 13.5. The summed E-state index contributed by atoms with van der Waals surface area (Å²) in [6.07, 6.45) is 2.22. The number of hydrogen-bond donors (Lipinski definition) is 2. The molecule has 0 radical (unpaired) electrons. The maximum absolute atomic E-state index is 10.6. The Morgan fingerprint density at radius 2 is 1.95 bits per heavy atom. The fourth-order valence-corrected chi connectivity index (χ4v) is 1.95. The molecule has 2 aromatic heterocycles. The number of hydrogen-bond acceptors (Lipinski definition) is 6. The van der Waals surface area contributed by atoms with Crippen LogP contribution in [0.5, 0.6) is 0 Å². The minimum Gasteiger partial charge on any atom is -0.445 e. The maximum Gasteiger partial charge on any atom is 0.404 e. The fourth-order valence-electron chi connectivity index (χ4n) is 1.95. The van der Waals surface area contributed by atoms with Gasteiger partial charge in [-0.05, 0) is 17.7 Å². The van der Waals surface area contributed by atoms with E-state index >= 15 is 0 Å². The lowest BCUT2D eigenvalue weighted by Crippen LogP contribution is -2.12. The van der Waals surface area contributed by atoms with Crippen molar-refractivity contribution in [3.05, 3.63) is 42.5 Å². The Labute approximate surface area is 119 Å². The zero-order chi connectivity index (χ0) is 14.8. The van der Waals surface area contributed by atoms with Gasteiger partial charge in [0.15, 0.2) is 17.0 Å². The molecular weight excluding hydrogens is 272 g/mol. The van der Waals surface area contributed by atoms with E-state index in [0.717, 1.165) is 11.3 Å². The first kappa shape index (κ1) is 12.9. The first-order chi connectivity index (χ1) is 10.1. The van der Waals surface area contributed by atoms with Gasteiger partial charge in [-0.3, -0.25) is 4.57 Å². The largest absolute Gasteiger partial charge is 0.445 e. The van der Waals surface area contributed by atoms with E-state index in [1.165, 1.54) is 6.33 Å². The highest BCUT2D eigenvalue weighted by Crippen LogP contribution is 2.19. The van der Waals surface area contributed by atoms with Crippen LogP contribution in [0.3, 0.4) is 0 Å². The highest BCUT2D eigenvalue weighted by Gasteiger charge is 2.09. The molecule has 21 heavy (non-hydrogen) atoms. The number of anilines is 1. The number of primary amides is 1. The third-order valence-corrected chi connectivity index (χ3v) is 2.96.